The van der Waals surface area contributed by atoms with Gasteiger partial charge in [0.2, 0.25) is 5.91 Å². The third-order valence-corrected chi connectivity index (χ3v) is 5.09. The van der Waals surface area contributed by atoms with E-state index in [1.165, 1.54) is 0 Å². The highest BCUT2D eigenvalue weighted by Crippen LogP contribution is 2.30. The van der Waals surface area contributed by atoms with Crippen LogP contribution in [0.5, 0.6) is 0 Å². The fraction of sp³-hybridized carbons (Fsp3) is 0.333. The predicted molar refractivity (Wildman–Crippen MR) is 89.5 cm³/mol. The molecule has 1 aliphatic heterocycles. The Hall–Kier alpha value is -2.14. The van der Waals surface area contributed by atoms with E-state index in [0.29, 0.717) is 25.9 Å². The van der Waals surface area contributed by atoms with Crippen molar-refractivity contribution in [2.45, 2.75) is 18.8 Å². The number of carboxylic acid groups (broad SMARTS) is 1. The molecule has 0 aliphatic carbocycles. The normalized spacial score (nSPS) is 21.1. The first-order valence-electron chi connectivity index (χ1n) is 7.70. The second-order valence-electron chi connectivity index (χ2n) is 5.99. The standard InChI is InChI=1S/C18H19NO3S/c20-17(8-13-6-7-23-12-13)19-10-15(9-16(11-19)18(21)22)14-4-2-1-3-5-14/h1-7,12,15-16H,8-11H2,(H,21,22)/t15-,16+/m0/s1. The summed E-state index contributed by atoms with van der Waals surface area (Å²) >= 11 is 1.57. The lowest BCUT2D eigenvalue weighted by Crippen LogP contribution is -2.46. The van der Waals surface area contributed by atoms with Crippen LogP contribution in [0.15, 0.2) is 47.2 Å². The number of aliphatic carboxylic acids is 1. The smallest absolute Gasteiger partial charge is 0.308 e. The fourth-order valence-electron chi connectivity index (χ4n) is 3.13. The maximum absolute atomic E-state index is 12.5. The van der Waals surface area contributed by atoms with E-state index in [9.17, 15) is 14.7 Å². The van der Waals surface area contributed by atoms with Crippen LogP contribution in [0, 0.1) is 5.92 Å². The van der Waals surface area contributed by atoms with Gasteiger partial charge in [-0.2, -0.15) is 11.3 Å². The number of piperidine rings is 1. The van der Waals surface area contributed by atoms with E-state index in [1.54, 1.807) is 16.2 Å². The molecule has 0 saturated carbocycles. The van der Waals surface area contributed by atoms with Crippen LogP contribution >= 0.6 is 11.3 Å². The van der Waals surface area contributed by atoms with Gasteiger partial charge in [0.25, 0.3) is 0 Å². The molecule has 2 atom stereocenters. The summed E-state index contributed by atoms with van der Waals surface area (Å²) in [7, 11) is 0. The summed E-state index contributed by atoms with van der Waals surface area (Å²) in [4.78, 5) is 25.7. The molecule has 2 aromatic rings. The second kappa shape index (κ2) is 6.96. The molecule has 5 heteroatoms. The Labute approximate surface area is 139 Å². The minimum absolute atomic E-state index is 0.00952. The minimum atomic E-state index is -0.820. The van der Waals surface area contributed by atoms with Crippen LogP contribution in [0.4, 0.5) is 0 Å². The first kappa shape index (κ1) is 15.7. The molecule has 1 N–H and O–H groups in total. The van der Waals surface area contributed by atoms with Gasteiger partial charge in [-0.05, 0) is 34.4 Å². The van der Waals surface area contributed by atoms with Crippen LogP contribution in [0.3, 0.4) is 0 Å². The average Bonchev–Trinajstić information content (AvgIpc) is 3.08. The largest absolute Gasteiger partial charge is 0.481 e. The summed E-state index contributed by atoms with van der Waals surface area (Å²) in [5.41, 5.74) is 2.10. The van der Waals surface area contributed by atoms with Gasteiger partial charge >= 0.3 is 5.97 Å². The molecule has 1 aromatic heterocycles. The van der Waals surface area contributed by atoms with E-state index < -0.39 is 11.9 Å². The maximum Gasteiger partial charge on any atom is 0.308 e. The number of hydrogen-bond donors (Lipinski definition) is 1. The highest BCUT2D eigenvalue weighted by Gasteiger charge is 2.34. The van der Waals surface area contributed by atoms with E-state index in [0.717, 1.165) is 11.1 Å². The van der Waals surface area contributed by atoms with E-state index >= 15 is 0 Å². The Kier molecular flexibility index (Phi) is 4.76. The van der Waals surface area contributed by atoms with E-state index in [-0.39, 0.29) is 11.8 Å². The van der Waals surface area contributed by atoms with Gasteiger partial charge in [-0.1, -0.05) is 30.3 Å². The number of rotatable bonds is 4. The van der Waals surface area contributed by atoms with Crippen LogP contribution in [0.25, 0.3) is 0 Å². The molecule has 2 heterocycles. The van der Waals surface area contributed by atoms with Crippen LogP contribution in [0.1, 0.15) is 23.5 Å². The molecular formula is C18H19NO3S. The third kappa shape index (κ3) is 3.79. The lowest BCUT2D eigenvalue weighted by Gasteiger charge is -2.36. The molecule has 0 bridgehead atoms. The van der Waals surface area contributed by atoms with Gasteiger partial charge in [0.05, 0.1) is 12.3 Å². The highest BCUT2D eigenvalue weighted by atomic mass is 32.1. The van der Waals surface area contributed by atoms with Crippen LogP contribution in [0.2, 0.25) is 0 Å². The number of nitrogens with zero attached hydrogens (tertiary/aromatic N) is 1. The predicted octanol–water partition coefficient (Wildman–Crippen LogP) is 3.01. The van der Waals surface area contributed by atoms with Gasteiger partial charge in [-0.15, -0.1) is 0 Å². The molecule has 0 spiro atoms. The Morgan fingerprint density at radius 1 is 1.17 bits per heavy atom. The Bertz CT molecular complexity index is 669. The zero-order valence-electron chi connectivity index (χ0n) is 12.7. The molecule has 120 valence electrons. The molecule has 1 aromatic carbocycles. The number of hydrogen-bond acceptors (Lipinski definition) is 3. The summed E-state index contributed by atoms with van der Waals surface area (Å²) in [5, 5.41) is 13.3. The van der Waals surface area contributed by atoms with Gasteiger partial charge in [0.1, 0.15) is 0 Å². The molecule has 0 radical (unpaired) electrons. The zero-order valence-corrected chi connectivity index (χ0v) is 13.5. The summed E-state index contributed by atoms with van der Waals surface area (Å²) in [5.74, 6) is -1.23. The number of carboxylic acids is 1. The van der Waals surface area contributed by atoms with Gasteiger partial charge in [0, 0.05) is 19.0 Å². The minimum Gasteiger partial charge on any atom is -0.481 e. The fourth-order valence-corrected chi connectivity index (χ4v) is 3.80. The van der Waals surface area contributed by atoms with Crippen molar-refractivity contribution in [3.8, 4) is 0 Å². The van der Waals surface area contributed by atoms with Gasteiger partial charge in [0.15, 0.2) is 0 Å². The summed E-state index contributed by atoms with van der Waals surface area (Å²) in [6.45, 7) is 0.901. The molecule has 0 unspecified atom stereocenters. The number of likely N-dealkylation sites (tertiary alicyclic amines) is 1. The molecule has 1 aliphatic rings. The molecule has 1 fully saturated rings. The first-order chi connectivity index (χ1) is 11.1. The monoisotopic (exact) mass is 329 g/mol. The van der Waals surface area contributed by atoms with E-state index in [1.807, 2.05) is 47.2 Å². The van der Waals surface area contributed by atoms with Crippen molar-refractivity contribution < 1.29 is 14.7 Å². The Morgan fingerprint density at radius 3 is 2.61 bits per heavy atom. The molecule has 3 rings (SSSR count). The van der Waals surface area contributed by atoms with Crippen LogP contribution in [-0.2, 0) is 16.0 Å². The quantitative estimate of drug-likeness (QED) is 0.938. The van der Waals surface area contributed by atoms with Gasteiger partial charge < -0.3 is 10.0 Å². The Balaban J connectivity index is 1.76. The van der Waals surface area contributed by atoms with Crippen molar-refractivity contribution >= 4 is 23.2 Å². The van der Waals surface area contributed by atoms with Gasteiger partial charge in [-0.25, -0.2) is 0 Å². The van der Waals surface area contributed by atoms with Crippen molar-refractivity contribution in [1.82, 2.24) is 4.90 Å². The molecule has 1 amide bonds. The van der Waals surface area contributed by atoms with Crippen molar-refractivity contribution in [1.29, 1.82) is 0 Å². The SMILES string of the molecule is O=C(O)[C@@H]1C[C@H](c2ccccc2)CN(C(=O)Cc2ccsc2)C1. The number of carbonyl (C=O) groups excluding carboxylic acids is 1. The summed E-state index contributed by atoms with van der Waals surface area (Å²) < 4.78 is 0. The second-order valence-corrected chi connectivity index (χ2v) is 6.77. The lowest BCUT2D eigenvalue weighted by atomic mass is 9.84. The summed E-state index contributed by atoms with van der Waals surface area (Å²) in [6, 6.07) is 11.8. The van der Waals surface area contributed by atoms with Gasteiger partial charge in [-0.3, -0.25) is 9.59 Å². The average molecular weight is 329 g/mol. The van der Waals surface area contributed by atoms with Crippen LogP contribution < -0.4 is 0 Å². The van der Waals surface area contributed by atoms with Crippen LogP contribution in [-0.4, -0.2) is 35.0 Å². The third-order valence-electron chi connectivity index (χ3n) is 4.36. The topological polar surface area (TPSA) is 57.6 Å². The summed E-state index contributed by atoms with van der Waals surface area (Å²) in [6.07, 6.45) is 0.929. The van der Waals surface area contributed by atoms with Crippen molar-refractivity contribution in [2.75, 3.05) is 13.1 Å². The highest BCUT2D eigenvalue weighted by molar-refractivity contribution is 7.08. The first-order valence-corrected chi connectivity index (χ1v) is 8.64. The van der Waals surface area contributed by atoms with Crippen molar-refractivity contribution in [3.05, 3.63) is 58.3 Å². The van der Waals surface area contributed by atoms with Crippen molar-refractivity contribution in [2.24, 2.45) is 5.92 Å². The van der Waals surface area contributed by atoms with E-state index in [4.69, 9.17) is 0 Å². The van der Waals surface area contributed by atoms with E-state index in [2.05, 4.69) is 0 Å². The Morgan fingerprint density at radius 2 is 1.96 bits per heavy atom. The maximum atomic E-state index is 12.5. The number of amides is 1. The number of thiophene rings is 1. The lowest BCUT2D eigenvalue weighted by molar-refractivity contribution is -0.146. The number of carbonyl (C=O) groups is 2. The molecule has 23 heavy (non-hydrogen) atoms. The molecule has 4 nitrogen and oxygen atoms in total. The zero-order chi connectivity index (χ0) is 16.2. The number of benzene rings is 1. The molecule has 1 saturated heterocycles. The molecular weight excluding hydrogens is 310 g/mol. The van der Waals surface area contributed by atoms with Crippen molar-refractivity contribution in [3.63, 3.8) is 0 Å².